The van der Waals surface area contributed by atoms with Crippen LogP contribution in [-0.4, -0.2) is 50.3 Å². The minimum atomic E-state index is -3.37. The summed E-state index contributed by atoms with van der Waals surface area (Å²) < 4.78 is 27.3. The Morgan fingerprint density at radius 1 is 1.20 bits per heavy atom. The average Bonchev–Trinajstić information content (AvgIpc) is 2.75. The summed E-state index contributed by atoms with van der Waals surface area (Å²) in [6, 6.07) is 3.22. The Labute approximate surface area is 130 Å². The van der Waals surface area contributed by atoms with Gasteiger partial charge in [0.2, 0.25) is 0 Å². The van der Waals surface area contributed by atoms with E-state index in [2.05, 4.69) is 25.7 Å². The van der Waals surface area contributed by atoms with Crippen molar-refractivity contribution < 1.29 is 8.42 Å². The van der Waals surface area contributed by atoms with Crippen molar-refractivity contribution in [3.8, 4) is 0 Å². The Kier molecular flexibility index (Phi) is 4.81. The molecule has 1 aromatic rings. The number of hydrogen-bond donors (Lipinski definition) is 0. The smallest absolute Gasteiger partial charge is 0.252 e. The fourth-order valence-corrected chi connectivity index (χ4v) is 5.42. The number of nitrogens with zero attached hydrogens (tertiary/aromatic N) is 2. The quantitative estimate of drug-likeness (QED) is 0.852. The fraction of sp³-hybridized carbons (Fsp3) is 0.692. The molecule has 0 atom stereocenters. The lowest BCUT2D eigenvalue weighted by molar-refractivity contribution is 0.141. The molecule has 0 saturated carbocycles. The first kappa shape index (κ1) is 16.2. The number of thiophene rings is 1. The van der Waals surface area contributed by atoms with Gasteiger partial charge in [0.15, 0.2) is 0 Å². The zero-order valence-electron chi connectivity index (χ0n) is 12.1. The van der Waals surface area contributed by atoms with Gasteiger partial charge in [0.1, 0.15) is 4.21 Å². The summed E-state index contributed by atoms with van der Waals surface area (Å²) in [7, 11) is -3.37. The second-order valence-corrected chi connectivity index (χ2v) is 10.2. The van der Waals surface area contributed by atoms with E-state index in [1.165, 1.54) is 0 Å². The highest BCUT2D eigenvalue weighted by molar-refractivity contribution is 7.91. The van der Waals surface area contributed by atoms with E-state index in [9.17, 15) is 8.42 Å². The zero-order valence-corrected chi connectivity index (χ0v) is 14.5. The molecule has 2 rings (SSSR count). The van der Waals surface area contributed by atoms with Gasteiger partial charge in [-0.2, -0.15) is 4.31 Å². The van der Waals surface area contributed by atoms with Crippen LogP contribution in [0.1, 0.15) is 20.8 Å². The summed E-state index contributed by atoms with van der Waals surface area (Å²) in [5.41, 5.74) is 0.238. The molecule has 0 amide bonds. The number of sulfonamides is 1. The molecule has 0 N–H and O–H groups in total. The van der Waals surface area contributed by atoms with Crippen LogP contribution >= 0.6 is 22.9 Å². The Bertz CT molecular complexity index is 555. The van der Waals surface area contributed by atoms with Crippen molar-refractivity contribution in [2.45, 2.75) is 25.0 Å². The molecule has 1 aliphatic rings. The first-order valence-electron chi connectivity index (χ1n) is 6.66. The normalized spacial score (nSPS) is 19.4. The molecular formula is C13H21ClN2O2S2. The van der Waals surface area contributed by atoms with Crippen LogP contribution in [0.4, 0.5) is 0 Å². The van der Waals surface area contributed by atoms with E-state index in [1.807, 2.05) is 0 Å². The first-order valence-corrected chi connectivity index (χ1v) is 9.30. The van der Waals surface area contributed by atoms with Gasteiger partial charge in [0.05, 0.1) is 4.34 Å². The van der Waals surface area contributed by atoms with Gasteiger partial charge in [0.25, 0.3) is 10.0 Å². The molecule has 1 saturated heterocycles. The maximum atomic E-state index is 12.5. The molecule has 1 aromatic heterocycles. The Morgan fingerprint density at radius 3 is 2.25 bits per heavy atom. The third kappa shape index (κ3) is 3.95. The van der Waals surface area contributed by atoms with Crippen LogP contribution in [0.25, 0.3) is 0 Å². The fourth-order valence-electron chi connectivity index (χ4n) is 2.36. The summed E-state index contributed by atoms with van der Waals surface area (Å²) >= 11 is 6.95. The molecule has 7 heteroatoms. The number of rotatable bonds is 3. The number of hydrogen-bond acceptors (Lipinski definition) is 4. The highest BCUT2D eigenvalue weighted by Gasteiger charge is 2.30. The van der Waals surface area contributed by atoms with Crippen molar-refractivity contribution in [2.75, 3.05) is 32.7 Å². The number of halogens is 1. The molecule has 1 fully saturated rings. The van der Waals surface area contributed by atoms with E-state index in [0.717, 1.165) is 31.0 Å². The van der Waals surface area contributed by atoms with E-state index in [4.69, 9.17) is 11.6 Å². The summed E-state index contributed by atoms with van der Waals surface area (Å²) in [6.45, 7) is 10.3. The van der Waals surface area contributed by atoms with Crippen molar-refractivity contribution >= 4 is 33.0 Å². The van der Waals surface area contributed by atoms with Crippen LogP contribution in [-0.2, 0) is 10.0 Å². The molecular weight excluding hydrogens is 316 g/mol. The minimum absolute atomic E-state index is 0.238. The second kappa shape index (κ2) is 5.93. The molecule has 0 spiro atoms. The first-order chi connectivity index (χ1) is 9.18. The highest BCUT2D eigenvalue weighted by Crippen LogP contribution is 2.28. The molecule has 0 radical (unpaired) electrons. The predicted molar refractivity (Wildman–Crippen MR) is 84.0 cm³/mol. The summed E-state index contributed by atoms with van der Waals surface area (Å²) in [4.78, 5) is 2.33. The van der Waals surface area contributed by atoms with Crippen molar-refractivity contribution in [2.24, 2.45) is 5.41 Å². The third-order valence-corrected chi connectivity index (χ3v) is 6.77. The lowest BCUT2D eigenvalue weighted by atomic mass is 9.96. The monoisotopic (exact) mass is 336 g/mol. The van der Waals surface area contributed by atoms with Gasteiger partial charge in [-0.25, -0.2) is 8.42 Å². The molecule has 1 aliphatic heterocycles. The van der Waals surface area contributed by atoms with Gasteiger partial charge in [-0.05, 0) is 17.5 Å². The van der Waals surface area contributed by atoms with Crippen LogP contribution in [0.2, 0.25) is 4.34 Å². The maximum absolute atomic E-state index is 12.5. The van der Waals surface area contributed by atoms with Crippen molar-refractivity contribution in [3.63, 3.8) is 0 Å². The molecule has 114 valence electrons. The third-order valence-electron chi connectivity index (χ3n) is 3.17. The van der Waals surface area contributed by atoms with E-state index in [1.54, 1.807) is 16.4 Å². The standard InChI is InChI=1S/C13H21ClN2O2S2/c1-13(2,3)10-15-6-8-16(9-7-15)20(17,18)12-5-4-11(14)19-12/h4-5H,6-10H2,1-3H3. The van der Waals surface area contributed by atoms with E-state index in [0.29, 0.717) is 21.6 Å². The van der Waals surface area contributed by atoms with E-state index in [-0.39, 0.29) is 5.41 Å². The predicted octanol–water partition coefficient (Wildman–Crippen LogP) is 2.75. The van der Waals surface area contributed by atoms with Crippen LogP contribution in [0.15, 0.2) is 16.3 Å². The average molecular weight is 337 g/mol. The lowest BCUT2D eigenvalue weighted by Crippen LogP contribution is -2.50. The highest BCUT2D eigenvalue weighted by atomic mass is 35.5. The summed E-state index contributed by atoms with van der Waals surface area (Å²) in [5, 5.41) is 0. The molecule has 20 heavy (non-hydrogen) atoms. The van der Waals surface area contributed by atoms with Crippen molar-refractivity contribution in [1.82, 2.24) is 9.21 Å². The number of piperazine rings is 1. The van der Waals surface area contributed by atoms with E-state index >= 15 is 0 Å². The SMILES string of the molecule is CC(C)(C)CN1CCN(S(=O)(=O)c2ccc(Cl)s2)CC1. The Morgan fingerprint density at radius 2 is 1.80 bits per heavy atom. The van der Waals surface area contributed by atoms with Crippen molar-refractivity contribution in [1.29, 1.82) is 0 Å². The second-order valence-electron chi connectivity index (χ2n) is 6.30. The zero-order chi connectivity index (χ0) is 15.0. The topological polar surface area (TPSA) is 40.6 Å². The molecule has 0 aliphatic carbocycles. The Balaban J connectivity index is 2.00. The Hall–Kier alpha value is -0.140. The van der Waals surface area contributed by atoms with Gasteiger partial charge in [-0.15, -0.1) is 11.3 Å². The molecule has 2 heterocycles. The van der Waals surface area contributed by atoms with Gasteiger partial charge in [0, 0.05) is 32.7 Å². The lowest BCUT2D eigenvalue weighted by Gasteiger charge is -2.37. The molecule has 0 unspecified atom stereocenters. The molecule has 0 aromatic carbocycles. The van der Waals surface area contributed by atoms with Crippen LogP contribution in [0.3, 0.4) is 0 Å². The summed E-state index contributed by atoms with van der Waals surface area (Å²) in [6.07, 6.45) is 0. The molecule has 4 nitrogen and oxygen atoms in total. The van der Waals surface area contributed by atoms with Crippen LogP contribution < -0.4 is 0 Å². The van der Waals surface area contributed by atoms with E-state index < -0.39 is 10.0 Å². The van der Waals surface area contributed by atoms with Gasteiger partial charge < -0.3 is 4.90 Å². The van der Waals surface area contributed by atoms with Gasteiger partial charge >= 0.3 is 0 Å². The van der Waals surface area contributed by atoms with Gasteiger partial charge in [-0.3, -0.25) is 0 Å². The van der Waals surface area contributed by atoms with Crippen molar-refractivity contribution in [3.05, 3.63) is 16.5 Å². The largest absolute Gasteiger partial charge is 0.300 e. The van der Waals surface area contributed by atoms with Crippen LogP contribution in [0, 0.1) is 5.41 Å². The maximum Gasteiger partial charge on any atom is 0.252 e. The summed E-state index contributed by atoms with van der Waals surface area (Å²) in [5.74, 6) is 0. The van der Waals surface area contributed by atoms with Gasteiger partial charge in [-0.1, -0.05) is 32.4 Å². The minimum Gasteiger partial charge on any atom is -0.300 e. The van der Waals surface area contributed by atoms with Crippen LogP contribution in [0.5, 0.6) is 0 Å². The molecule has 0 bridgehead atoms.